The maximum Gasteiger partial charge on any atom is 0.253 e. The average Bonchev–Trinajstić information content (AvgIpc) is 2.70. The summed E-state index contributed by atoms with van der Waals surface area (Å²) in [6.45, 7) is 2.28. The van der Waals surface area contributed by atoms with Gasteiger partial charge in [0.05, 0.1) is 0 Å². The number of benzene rings is 2. The fraction of sp³-hybridized carbons (Fsp3) is 0.250. The third kappa shape index (κ3) is 3.63. The Morgan fingerprint density at radius 3 is 2.54 bits per heavy atom. The van der Waals surface area contributed by atoms with Gasteiger partial charge in [-0.05, 0) is 47.7 Å². The van der Waals surface area contributed by atoms with E-state index in [1.54, 1.807) is 11.6 Å². The standard InChI is InChI=1S/C24H23NO3/c1-16-10-20(14-25(2)24(16)27)19-11-18-8-9-21(26)13-22(18)23(12-19)28-15-17-6-4-3-5-7-17/h3-7,10-12,14H,8-9,13,15H2,1-2H3. The van der Waals surface area contributed by atoms with Gasteiger partial charge in [-0.15, -0.1) is 0 Å². The molecular formula is C24H23NO3. The second-order valence-corrected chi connectivity index (χ2v) is 7.43. The molecule has 0 saturated heterocycles. The average molecular weight is 373 g/mol. The predicted molar refractivity (Wildman–Crippen MR) is 110 cm³/mol. The first-order chi connectivity index (χ1) is 13.5. The van der Waals surface area contributed by atoms with Gasteiger partial charge < -0.3 is 9.30 Å². The van der Waals surface area contributed by atoms with Gasteiger partial charge in [-0.25, -0.2) is 0 Å². The van der Waals surface area contributed by atoms with E-state index in [4.69, 9.17) is 4.74 Å². The van der Waals surface area contributed by atoms with Crippen molar-refractivity contribution in [1.82, 2.24) is 4.57 Å². The summed E-state index contributed by atoms with van der Waals surface area (Å²) in [4.78, 5) is 24.1. The number of nitrogens with zero attached hydrogens (tertiary/aromatic N) is 1. The van der Waals surface area contributed by atoms with Crippen molar-refractivity contribution in [3.8, 4) is 16.9 Å². The van der Waals surface area contributed by atoms with Crippen LogP contribution in [0.25, 0.3) is 11.1 Å². The minimum absolute atomic E-state index is 0.00728. The van der Waals surface area contributed by atoms with Gasteiger partial charge in [0.25, 0.3) is 5.56 Å². The van der Waals surface area contributed by atoms with E-state index in [0.717, 1.165) is 40.0 Å². The molecule has 2 aromatic carbocycles. The molecule has 0 saturated carbocycles. The molecule has 0 atom stereocenters. The van der Waals surface area contributed by atoms with E-state index in [1.807, 2.05) is 55.6 Å². The number of aryl methyl sites for hydroxylation is 3. The zero-order chi connectivity index (χ0) is 19.7. The number of carbonyl (C=O) groups is 1. The van der Waals surface area contributed by atoms with Gasteiger partial charge in [0.15, 0.2) is 0 Å². The van der Waals surface area contributed by atoms with E-state index in [9.17, 15) is 9.59 Å². The van der Waals surface area contributed by atoms with Crippen LogP contribution in [0.2, 0.25) is 0 Å². The summed E-state index contributed by atoms with van der Waals surface area (Å²) >= 11 is 0. The number of aromatic nitrogens is 1. The molecule has 0 bridgehead atoms. The highest BCUT2D eigenvalue weighted by Gasteiger charge is 2.21. The molecule has 28 heavy (non-hydrogen) atoms. The Bertz CT molecular complexity index is 1070. The van der Waals surface area contributed by atoms with Crippen LogP contribution in [0.5, 0.6) is 5.75 Å². The Hall–Kier alpha value is -3.14. The molecule has 4 heteroatoms. The lowest BCUT2D eigenvalue weighted by Crippen LogP contribution is -2.18. The summed E-state index contributed by atoms with van der Waals surface area (Å²) in [6, 6.07) is 16.1. The minimum Gasteiger partial charge on any atom is -0.489 e. The van der Waals surface area contributed by atoms with Crippen LogP contribution in [0.3, 0.4) is 0 Å². The highest BCUT2D eigenvalue weighted by molar-refractivity contribution is 5.85. The molecule has 0 amide bonds. The van der Waals surface area contributed by atoms with Crippen molar-refractivity contribution in [3.05, 3.63) is 87.3 Å². The van der Waals surface area contributed by atoms with Crippen molar-refractivity contribution in [1.29, 1.82) is 0 Å². The molecule has 0 unspecified atom stereocenters. The normalized spacial score (nSPS) is 13.3. The molecule has 1 aromatic heterocycles. The van der Waals surface area contributed by atoms with E-state index in [1.165, 1.54) is 0 Å². The van der Waals surface area contributed by atoms with Gasteiger partial charge in [0.1, 0.15) is 18.1 Å². The SMILES string of the molecule is Cc1cc(-c2cc3c(c(OCc4ccccc4)c2)CC(=O)CC3)cn(C)c1=O. The van der Waals surface area contributed by atoms with Crippen molar-refractivity contribution < 1.29 is 9.53 Å². The Kier molecular flexibility index (Phi) is 4.86. The lowest BCUT2D eigenvalue weighted by molar-refractivity contribution is -0.118. The second kappa shape index (κ2) is 7.47. The molecule has 0 fully saturated rings. The summed E-state index contributed by atoms with van der Waals surface area (Å²) in [5.74, 6) is 1.01. The number of Topliss-reactive ketones (excluding diaryl/α,β-unsaturated/α-hetero) is 1. The quantitative estimate of drug-likeness (QED) is 0.695. The van der Waals surface area contributed by atoms with Crippen molar-refractivity contribution in [3.63, 3.8) is 0 Å². The highest BCUT2D eigenvalue weighted by Crippen LogP contribution is 2.34. The molecule has 1 heterocycles. The molecule has 4 nitrogen and oxygen atoms in total. The Labute approximate surface area is 164 Å². The molecule has 3 aromatic rings. The van der Waals surface area contributed by atoms with Crippen LogP contribution in [-0.4, -0.2) is 10.4 Å². The molecule has 4 rings (SSSR count). The highest BCUT2D eigenvalue weighted by atomic mass is 16.5. The maximum atomic E-state index is 12.0. The summed E-state index contributed by atoms with van der Waals surface area (Å²) in [5.41, 5.74) is 5.94. The van der Waals surface area contributed by atoms with Crippen molar-refractivity contribution in [2.24, 2.45) is 7.05 Å². The number of rotatable bonds is 4. The van der Waals surface area contributed by atoms with Crippen molar-refractivity contribution in [2.75, 3.05) is 0 Å². The molecular weight excluding hydrogens is 350 g/mol. The molecule has 0 radical (unpaired) electrons. The van der Waals surface area contributed by atoms with Gasteiger partial charge in [-0.3, -0.25) is 9.59 Å². The summed E-state index contributed by atoms with van der Waals surface area (Å²) in [6.07, 6.45) is 3.58. The number of carbonyl (C=O) groups excluding carboxylic acids is 1. The molecule has 1 aliphatic rings. The summed E-state index contributed by atoms with van der Waals surface area (Å²) in [5, 5.41) is 0. The zero-order valence-corrected chi connectivity index (χ0v) is 16.2. The third-order valence-electron chi connectivity index (χ3n) is 5.28. The van der Waals surface area contributed by atoms with Crippen LogP contribution in [0.15, 0.2) is 59.5 Å². The Balaban J connectivity index is 1.76. The summed E-state index contributed by atoms with van der Waals surface area (Å²) < 4.78 is 7.77. The molecule has 0 spiro atoms. The number of ether oxygens (including phenoxy) is 1. The van der Waals surface area contributed by atoms with Gasteiger partial charge in [0, 0.05) is 37.2 Å². The molecule has 1 aliphatic carbocycles. The Morgan fingerprint density at radius 1 is 1.00 bits per heavy atom. The van der Waals surface area contributed by atoms with Gasteiger partial charge >= 0.3 is 0 Å². The van der Waals surface area contributed by atoms with Crippen LogP contribution in [0.4, 0.5) is 0 Å². The number of ketones is 1. The van der Waals surface area contributed by atoms with E-state index >= 15 is 0 Å². The van der Waals surface area contributed by atoms with Crippen molar-refractivity contribution in [2.45, 2.75) is 32.8 Å². The van der Waals surface area contributed by atoms with Gasteiger partial charge in [-0.2, -0.15) is 0 Å². The number of pyridine rings is 1. The minimum atomic E-state index is 0.00728. The fourth-order valence-electron chi connectivity index (χ4n) is 3.75. The van der Waals surface area contributed by atoms with E-state index in [-0.39, 0.29) is 11.3 Å². The van der Waals surface area contributed by atoms with Crippen molar-refractivity contribution >= 4 is 5.78 Å². The second-order valence-electron chi connectivity index (χ2n) is 7.43. The fourth-order valence-corrected chi connectivity index (χ4v) is 3.75. The number of hydrogen-bond acceptors (Lipinski definition) is 3. The maximum absolute atomic E-state index is 12.0. The summed E-state index contributed by atoms with van der Waals surface area (Å²) in [7, 11) is 1.77. The molecule has 0 aliphatic heterocycles. The number of hydrogen-bond donors (Lipinski definition) is 0. The van der Waals surface area contributed by atoms with E-state index in [2.05, 4.69) is 6.07 Å². The number of fused-ring (bicyclic) bond motifs is 1. The van der Waals surface area contributed by atoms with Crippen LogP contribution in [0, 0.1) is 6.92 Å². The van der Waals surface area contributed by atoms with Crippen LogP contribution in [-0.2, 0) is 31.3 Å². The third-order valence-corrected chi connectivity index (χ3v) is 5.28. The van der Waals surface area contributed by atoms with Gasteiger partial charge in [-0.1, -0.05) is 36.4 Å². The van der Waals surface area contributed by atoms with Gasteiger partial charge in [0.2, 0.25) is 0 Å². The first kappa shape index (κ1) is 18.2. The first-order valence-electron chi connectivity index (χ1n) is 9.53. The zero-order valence-electron chi connectivity index (χ0n) is 16.2. The van der Waals surface area contributed by atoms with E-state index in [0.29, 0.717) is 25.0 Å². The lowest BCUT2D eigenvalue weighted by Gasteiger charge is -2.21. The van der Waals surface area contributed by atoms with E-state index < -0.39 is 0 Å². The first-order valence-corrected chi connectivity index (χ1v) is 9.53. The van der Waals surface area contributed by atoms with Crippen LogP contribution < -0.4 is 10.3 Å². The molecule has 142 valence electrons. The Morgan fingerprint density at radius 2 is 1.79 bits per heavy atom. The lowest BCUT2D eigenvalue weighted by atomic mass is 9.87. The predicted octanol–water partition coefficient (Wildman–Crippen LogP) is 4.00. The molecule has 0 N–H and O–H groups in total. The smallest absolute Gasteiger partial charge is 0.253 e. The largest absolute Gasteiger partial charge is 0.489 e. The van der Waals surface area contributed by atoms with Crippen LogP contribution in [0.1, 0.15) is 28.7 Å². The van der Waals surface area contributed by atoms with Crippen LogP contribution >= 0.6 is 0 Å². The topological polar surface area (TPSA) is 48.3 Å². The monoisotopic (exact) mass is 373 g/mol.